The van der Waals surface area contributed by atoms with Gasteiger partial charge in [-0.25, -0.2) is 0 Å². The molecule has 1 N–H and O–H groups in total. The molecule has 2 aromatic carbocycles. The second kappa shape index (κ2) is 9.85. The van der Waals surface area contributed by atoms with E-state index in [0.29, 0.717) is 36.7 Å². The Morgan fingerprint density at radius 1 is 1.08 bits per heavy atom. The summed E-state index contributed by atoms with van der Waals surface area (Å²) in [6.07, 6.45) is 4.54. The van der Waals surface area contributed by atoms with Gasteiger partial charge in [0.1, 0.15) is 12.4 Å². The maximum absolute atomic E-state index is 6.70. The van der Waals surface area contributed by atoms with Gasteiger partial charge in [-0.3, -0.25) is 0 Å². The van der Waals surface area contributed by atoms with Gasteiger partial charge < -0.3 is 24.8 Å². The number of aromatic nitrogens is 2. The van der Waals surface area contributed by atoms with Crippen molar-refractivity contribution in [2.75, 3.05) is 49.6 Å². The maximum atomic E-state index is 6.70. The minimum absolute atomic E-state index is 0.434. The third kappa shape index (κ3) is 4.38. The van der Waals surface area contributed by atoms with Gasteiger partial charge in [0.25, 0.3) is 0 Å². The molecular weight excluding hydrogens is 496 g/mol. The first-order valence-corrected chi connectivity index (χ1v) is 14.6. The number of likely N-dealkylation sites (N-methyl/N-ethyl adjacent to an activating group) is 1. The van der Waals surface area contributed by atoms with Crippen molar-refractivity contribution in [2.45, 2.75) is 57.3 Å². The molecule has 38 heavy (non-hydrogen) atoms. The number of ether oxygens (including phenoxy) is 1. The molecule has 7 nitrogen and oxygen atoms in total. The van der Waals surface area contributed by atoms with Crippen LogP contribution < -0.4 is 19.9 Å². The largest absolute Gasteiger partial charge is 0.462 e. The number of nitrogens with zero attached hydrogens (tertiary/aromatic N) is 5. The first-order chi connectivity index (χ1) is 18.5. The summed E-state index contributed by atoms with van der Waals surface area (Å²) in [5, 5.41) is 6.88. The Labute approximate surface area is 230 Å². The summed E-state index contributed by atoms with van der Waals surface area (Å²) in [5.74, 6) is 1.79. The lowest BCUT2D eigenvalue weighted by molar-refractivity contribution is 0.187. The minimum Gasteiger partial charge on any atom is -0.462 e. The highest BCUT2D eigenvalue weighted by Gasteiger charge is 2.39. The van der Waals surface area contributed by atoms with Crippen molar-refractivity contribution < 1.29 is 4.74 Å². The number of piperazine rings is 1. The predicted octanol–water partition coefficient (Wildman–Crippen LogP) is 4.51. The van der Waals surface area contributed by atoms with Gasteiger partial charge in [-0.05, 0) is 62.7 Å². The molecular formula is C30H37ClN6O. The normalized spacial score (nSPS) is 27.2. The Kier molecular flexibility index (Phi) is 6.33. The quantitative estimate of drug-likeness (QED) is 0.519. The third-order valence-electron chi connectivity index (χ3n) is 9.22. The summed E-state index contributed by atoms with van der Waals surface area (Å²) in [7, 11) is 2.19. The fourth-order valence-corrected chi connectivity index (χ4v) is 7.36. The van der Waals surface area contributed by atoms with E-state index >= 15 is 0 Å². The fourth-order valence-electron chi connectivity index (χ4n) is 7.08. The van der Waals surface area contributed by atoms with Gasteiger partial charge >= 0.3 is 6.01 Å². The van der Waals surface area contributed by atoms with Crippen LogP contribution in [0, 0.1) is 5.92 Å². The van der Waals surface area contributed by atoms with E-state index in [1.807, 2.05) is 12.1 Å². The number of likely N-dealkylation sites (tertiary alicyclic amines) is 1. The van der Waals surface area contributed by atoms with E-state index in [1.54, 1.807) is 0 Å². The van der Waals surface area contributed by atoms with E-state index in [9.17, 15) is 0 Å². The number of halogens is 1. The first-order valence-electron chi connectivity index (χ1n) is 14.2. The number of hydrogen-bond donors (Lipinski definition) is 1. The summed E-state index contributed by atoms with van der Waals surface area (Å²) in [5.41, 5.74) is 3.54. The molecule has 0 saturated carbocycles. The number of nitrogens with one attached hydrogen (secondary N) is 1. The van der Waals surface area contributed by atoms with Crippen molar-refractivity contribution in [2.24, 2.45) is 5.92 Å². The monoisotopic (exact) mass is 532 g/mol. The van der Waals surface area contributed by atoms with Crippen molar-refractivity contribution in [3.8, 4) is 6.01 Å². The van der Waals surface area contributed by atoms with Crippen LogP contribution in [-0.4, -0.2) is 72.8 Å². The Morgan fingerprint density at radius 3 is 2.76 bits per heavy atom. The molecule has 3 fully saturated rings. The smallest absolute Gasteiger partial charge is 0.318 e. The molecule has 0 spiro atoms. The lowest BCUT2D eigenvalue weighted by Gasteiger charge is -2.38. The van der Waals surface area contributed by atoms with Crippen LogP contribution in [0.15, 0.2) is 36.4 Å². The fraction of sp³-hybridized carbons (Fsp3) is 0.533. The van der Waals surface area contributed by atoms with Crippen LogP contribution in [0.5, 0.6) is 6.01 Å². The number of benzene rings is 2. The Morgan fingerprint density at radius 2 is 1.95 bits per heavy atom. The number of anilines is 2. The summed E-state index contributed by atoms with van der Waals surface area (Å²) in [6.45, 7) is 7.78. The zero-order valence-electron chi connectivity index (χ0n) is 22.4. The van der Waals surface area contributed by atoms with E-state index in [-0.39, 0.29) is 0 Å². The second-order valence-corrected chi connectivity index (χ2v) is 12.1. The number of fused-ring (bicyclic) bond motifs is 4. The molecule has 4 aliphatic heterocycles. The van der Waals surface area contributed by atoms with Crippen molar-refractivity contribution in [3.63, 3.8) is 0 Å². The zero-order valence-corrected chi connectivity index (χ0v) is 23.1. The SMILES string of the molecule is C[C@@H]1C[C@@H]2CN(c3nc(OC[C@@H]4CCCN4C)nc4c3CCN(c3cccc5cccc(Cl)c35)C4)CC1N2. The lowest BCUT2D eigenvalue weighted by atomic mass is 10.0. The third-order valence-corrected chi connectivity index (χ3v) is 9.54. The molecule has 1 aromatic heterocycles. The molecule has 4 atom stereocenters. The Hall–Kier alpha value is -2.61. The van der Waals surface area contributed by atoms with Crippen molar-refractivity contribution >= 4 is 33.9 Å². The first kappa shape index (κ1) is 24.4. The highest BCUT2D eigenvalue weighted by Crippen LogP contribution is 2.38. The van der Waals surface area contributed by atoms with Crippen LogP contribution in [0.2, 0.25) is 5.02 Å². The molecule has 3 saturated heterocycles. The molecule has 4 aliphatic rings. The van der Waals surface area contributed by atoms with Crippen molar-refractivity contribution in [1.82, 2.24) is 20.2 Å². The van der Waals surface area contributed by atoms with E-state index in [2.05, 4.69) is 58.3 Å². The summed E-state index contributed by atoms with van der Waals surface area (Å²) < 4.78 is 6.33. The van der Waals surface area contributed by atoms with Crippen LogP contribution >= 0.6 is 11.6 Å². The number of rotatable bonds is 5. The lowest BCUT2D eigenvalue weighted by Crippen LogP contribution is -2.52. The molecule has 1 unspecified atom stereocenters. The highest BCUT2D eigenvalue weighted by atomic mass is 35.5. The standard InChI is InChI=1S/C30H37ClN6O/c1-19-14-21-15-37(16-25(19)32-21)29-23-11-13-36(27-10-4-7-20-6-3-9-24(31)28(20)27)17-26(23)33-30(34-29)38-18-22-8-5-12-35(22)2/h3-4,6-7,9-10,19,21-22,25,32H,5,8,11-18H2,1-2H3/t19-,21-,22+,25?/m1/s1. The summed E-state index contributed by atoms with van der Waals surface area (Å²) in [4.78, 5) is 17.4. The van der Waals surface area contributed by atoms with Crippen molar-refractivity contribution in [3.05, 3.63) is 52.7 Å². The van der Waals surface area contributed by atoms with Gasteiger partial charge in [0.05, 0.1) is 17.3 Å². The van der Waals surface area contributed by atoms with Crippen LogP contribution in [-0.2, 0) is 13.0 Å². The van der Waals surface area contributed by atoms with Gasteiger partial charge in [0.15, 0.2) is 0 Å². The van der Waals surface area contributed by atoms with Gasteiger partial charge in [-0.2, -0.15) is 9.97 Å². The van der Waals surface area contributed by atoms with Gasteiger partial charge in [0.2, 0.25) is 0 Å². The highest BCUT2D eigenvalue weighted by molar-refractivity contribution is 6.36. The van der Waals surface area contributed by atoms with Crippen LogP contribution in [0.1, 0.15) is 37.4 Å². The summed E-state index contributed by atoms with van der Waals surface area (Å²) in [6, 6.07) is 14.6. The van der Waals surface area contributed by atoms with Gasteiger partial charge in [-0.1, -0.05) is 42.8 Å². The van der Waals surface area contributed by atoms with Gasteiger partial charge in [-0.15, -0.1) is 0 Å². The molecule has 7 rings (SSSR count). The van der Waals surface area contributed by atoms with Gasteiger partial charge in [0, 0.05) is 54.4 Å². The molecule has 0 radical (unpaired) electrons. The molecule has 0 aliphatic carbocycles. The minimum atomic E-state index is 0.434. The molecule has 8 heteroatoms. The molecule has 5 heterocycles. The Balaban J connectivity index is 1.23. The zero-order chi connectivity index (χ0) is 25.8. The van der Waals surface area contributed by atoms with E-state index < -0.39 is 0 Å². The maximum Gasteiger partial charge on any atom is 0.318 e. The topological polar surface area (TPSA) is 56.8 Å². The van der Waals surface area contributed by atoms with Crippen LogP contribution in [0.4, 0.5) is 11.5 Å². The van der Waals surface area contributed by atoms with Crippen LogP contribution in [0.3, 0.4) is 0 Å². The second-order valence-electron chi connectivity index (χ2n) is 11.7. The molecule has 200 valence electrons. The van der Waals surface area contributed by atoms with Crippen molar-refractivity contribution in [1.29, 1.82) is 0 Å². The average Bonchev–Trinajstić information content (AvgIpc) is 3.46. The molecule has 2 bridgehead atoms. The van der Waals surface area contributed by atoms with E-state index in [0.717, 1.165) is 61.1 Å². The van der Waals surface area contributed by atoms with E-state index in [1.165, 1.54) is 35.9 Å². The predicted molar refractivity (Wildman–Crippen MR) is 154 cm³/mol. The molecule has 3 aromatic rings. The average molecular weight is 533 g/mol. The van der Waals surface area contributed by atoms with Crippen LogP contribution in [0.25, 0.3) is 10.8 Å². The Bertz CT molecular complexity index is 1340. The number of hydrogen-bond acceptors (Lipinski definition) is 7. The van der Waals surface area contributed by atoms with E-state index in [4.69, 9.17) is 26.3 Å². The molecule has 0 amide bonds. The summed E-state index contributed by atoms with van der Waals surface area (Å²) >= 11 is 6.70.